The number of nitrogens with zero attached hydrogens (tertiary/aromatic N) is 4. The molecular formula is C12H12BrFN4O2. The average molecular weight is 343 g/mol. The summed E-state index contributed by atoms with van der Waals surface area (Å²) in [7, 11) is 0. The lowest BCUT2D eigenvalue weighted by Crippen LogP contribution is -2.02. The standard InChI is InChI=1S/C12H12BrFN4O2/c1-2-11(13)12-7-17(16-15-12)6-8-3-9(14)5-10(4-8)18(19)20/h3-5,7,11H,2,6H2,1H3. The number of aromatic nitrogens is 3. The van der Waals surface area contributed by atoms with Gasteiger partial charge in [-0.25, -0.2) is 9.07 Å². The van der Waals surface area contributed by atoms with Crippen molar-refractivity contribution < 1.29 is 9.31 Å². The maximum absolute atomic E-state index is 13.3. The fraction of sp³-hybridized carbons (Fsp3) is 0.333. The van der Waals surface area contributed by atoms with Gasteiger partial charge in [-0.15, -0.1) is 5.10 Å². The second-order valence-electron chi connectivity index (χ2n) is 4.29. The SMILES string of the molecule is CCC(Br)c1cn(Cc2cc(F)cc([N+](=O)[O-])c2)nn1. The molecule has 0 aliphatic carbocycles. The molecular weight excluding hydrogens is 331 g/mol. The van der Waals surface area contributed by atoms with Crippen LogP contribution in [0.4, 0.5) is 10.1 Å². The molecule has 0 amide bonds. The molecule has 0 aliphatic heterocycles. The lowest BCUT2D eigenvalue weighted by Gasteiger charge is -2.02. The Bertz CT molecular complexity index is 632. The molecule has 0 saturated heterocycles. The van der Waals surface area contributed by atoms with Gasteiger partial charge in [-0.05, 0) is 18.1 Å². The van der Waals surface area contributed by atoms with Gasteiger partial charge in [0.05, 0.1) is 28.1 Å². The number of nitro groups is 1. The van der Waals surface area contributed by atoms with Gasteiger partial charge in [-0.1, -0.05) is 28.1 Å². The van der Waals surface area contributed by atoms with E-state index in [1.54, 1.807) is 6.20 Å². The summed E-state index contributed by atoms with van der Waals surface area (Å²) >= 11 is 3.46. The zero-order valence-corrected chi connectivity index (χ0v) is 12.2. The van der Waals surface area contributed by atoms with Crippen molar-refractivity contribution in [2.24, 2.45) is 0 Å². The number of nitro benzene ring substituents is 1. The van der Waals surface area contributed by atoms with E-state index in [1.165, 1.54) is 16.8 Å². The number of halogens is 2. The smallest absolute Gasteiger partial charge is 0.258 e. The first kappa shape index (κ1) is 14.6. The van der Waals surface area contributed by atoms with Crippen molar-refractivity contribution in [2.75, 3.05) is 0 Å². The molecule has 0 N–H and O–H groups in total. The normalized spacial score (nSPS) is 12.3. The summed E-state index contributed by atoms with van der Waals surface area (Å²) in [5, 5.41) is 18.6. The molecule has 0 fully saturated rings. The second-order valence-corrected chi connectivity index (χ2v) is 5.40. The third-order valence-corrected chi connectivity index (χ3v) is 3.85. The summed E-state index contributed by atoms with van der Waals surface area (Å²) in [6, 6.07) is 3.47. The van der Waals surface area contributed by atoms with Crippen molar-refractivity contribution in [3.05, 3.63) is 51.6 Å². The van der Waals surface area contributed by atoms with Crippen molar-refractivity contribution in [1.29, 1.82) is 0 Å². The van der Waals surface area contributed by atoms with Gasteiger partial charge in [0.25, 0.3) is 5.69 Å². The van der Waals surface area contributed by atoms with Crippen molar-refractivity contribution in [3.8, 4) is 0 Å². The van der Waals surface area contributed by atoms with Gasteiger partial charge in [-0.2, -0.15) is 0 Å². The molecule has 1 atom stereocenters. The minimum atomic E-state index is -0.638. The third kappa shape index (κ3) is 3.38. The van der Waals surface area contributed by atoms with E-state index in [9.17, 15) is 14.5 Å². The molecule has 2 rings (SSSR count). The van der Waals surface area contributed by atoms with Crippen molar-refractivity contribution >= 4 is 21.6 Å². The highest BCUT2D eigenvalue weighted by atomic mass is 79.9. The lowest BCUT2D eigenvalue weighted by molar-refractivity contribution is -0.385. The first-order chi connectivity index (χ1) is 9.49. The largest absolute Gasteiger partial charge is 0.272 e. The van der Waals surface area contributed by atoms with E-state index in [0.717, 1.165) is 18.2 Å². The quantitative estimate of drug-likeness (QED) is 0.475. The fourth-order valence-electron chi connectivity index (χ4n) is 1.76. The number of non-ortho nitro benzene ring substituents is 1. The zero-order chi connectivity index (χ0) is 14.7. The summed E-state index contributed by atoms with van der Waals surface area (Å²) in [5.41, 5.74) is 0.974. The molecule has 0 aliphatic rings. The van der Waals surface area contributed by atoms with E-state index in [1.807, 2.05) is 6.92 Å². The average Bonchev–Trinajstić information content (AvgIpc) is 2.85. The Morgan fingerprint density at radius 3 is 2.90 bits per heavy atom. The van der Waals surface area contributed by atoms with Crippen LogP contribution in [0.3, 0.4) is 0 Å². The van der Waals surface area contributed by atoms with Gasteiger partial charge in [0.1, 0.15) is 5.82 Å². The number of hydrogen-bond donors (Lipinski definition) is 0. The summed E-state index contributed by atoms with van der Waals surface area (Å²) in [6.45, 7) is 2.24. The number of rotatable bonds is 5. The van der Waals surface area contributed by atoms with Crippen LogP contribution in [0.2, 0.25) is 0 Å². The fourth-order valence-corrected chi connectivity index (χ4v) is 1.97. The summed E-state index contributed by atoms with van der Waals surface area (Å²) in [5.74, 6) is -0.638. The van der Waals surface area contributed by atoms with Gasteiger partial charge in [-0.3, -0.25) is 10.1 Å². The first-order valence-corrected chi connectivity index (χ1v) is 6.89. The van der Waals surface area contributed by atoms with Gasteiger partial charge >= 0.3 is 0 Å². The maximum Gasteiger partial charge on any atom is 0.272 e. The summed E-state index contributed by atoms with van der Waals surface area (Å²) in [6.07, 6.45) is 2.60. The first-order valence-electron chi connectivity index (χ1n) is 5.97. The molecule has 0 bridgehead atoms. The van der Waals surface area contributed by atoms with E-state index in [-0.39, 0.29) is 17.1 Å². The van der Waals surface area contributed by atoms with Gasteiger partial charge < -0.3 is 0 Å². The molecule has 1 aromatic heterocycles. The van der Waals surface area contributed by atoms with Crippen LogP contribution >= 0.6 is 15.9 Å². The molecule has 1 aromatic carbocycles. The van der Waals surface area contributed by atoms with Crippen LogP contribution in [0.15, 0.2) is 24.4 Å². The van der Waals surface area contributed by atoms with E-state index in [2.05, 4.69) is 26.2 Å². The van der Waals surface area contributed by atoms with Crippen molar-refractivity contribution in [2.45, 2.75) is 24.7 Å². The van der Waals surface area contributed by atoms with Crippen LogP contribution in [-0.2, 0) is 6.54 Å². The predicted molar refractivity (Wildman–Crippen MR) is 74.1 cm³/mol. The van der Waals surface area contributed by atoms with Crippen LogP contribution in [0, 0.1) is 15.9 Å². The Morgan fingerprint density at radius 1 is 1.50 bits per heavy atom. The topological polar surface area (TPSA) is 73.8 Å². The minimum Gasteiger partial charge on any atom is -0.258 e. The molecule has 2 aromatic rings. The van der Waals surface area contributed by atoms with E-state index < -0.39 is 10.7 Å². The zero-order valence-electron chi connectivity index (χ0n) is 10.7. The monoisotopic (exact) mass is 342 g/mol. The molecule has 20 heavy (non-hydrogen) atoms. The van der Waals surface area contributed by atoms with E-state index >= 15 is 0 Å². The highest BCUT2D eigenvalue weighted by Gasteiger charge is 2.12. The Hall–Kier alpha value is -1.83. The molecule has 8 heteroatoms. The van der Waals surface area contributed by atoms with Crippen LogP contribution in [0.25, 0.3) is 0 Å². The van der Waals surface area contributed by atoms with Crippen LogP contribution in [0.5, 0.6) is 0 Å². The van der Waals surface area contributed by atoms with Crippen LogP contribution in [-0.4, -0.2) is 19.9 Å². The molecule has 106 valence electrons. The van der Waals surface area contributed by atoms with Crippen LogP contribution < -0.4 is 0 Å². The van der Waals surface area contributed by atoms with Crippen LogP contribution in [0.1, 0.15) is 29.4 Å². The van der Waals surface area contributed by atoms with E-state index in [4.69, 9.17) is 0 Å². The lowest BCUT2D eigenvalue weighted by atomic mass is 10.2. The van der Waals surface area contributed by atoms with Gasteiger partial charge in [0.2, 0.25) is 0 Å². The number of hydrogen-bond acceptors (Lipinski definition) is 4. The molecule has 6 nitrogen and oxygen atoms in total. The Kier molecular flexibility index (Phi) is 4.43. The Morgan fingerprint density at radius 2 is 2.25 bits per heavy atom. The molecule has 0 saturated carbocycles. The highest BCUT2D eigenvalue weighted by Crippen LogP contribution is 2.23. The summed E-state index contributed by atoms with van der Waals surface area (Å²) in [4.78, 5) is 10.2. The molecule has 1 unspecified atom stereocenters. The highest BCUT2D eigenvalue weighted by molar-refractivity contribution is 9.09. The minimum absolute atomic E-state index is 0.109. The number of alkyl halides is 1. The Balaban J connectivity index is 2.21. The molecule has 0 spiro atoms. The second kappa shape index (κ2) is 6.08. The predicted octanol–water partition coefficient (Wildman–Crippen LogP) is 3.22. The third-order valence-electron chi connectivity index (χ3n) is 2.73. The van der Waals surface area contributed by atoms with Gasteiger partial charge in [0.15, 0.2) is 0 Å². The number of benzene rings is 1. The molecule has 1 heterocycles. The maximum atomic E-state index is 13.3. The summed E-state index contributed by atoms with van der Waals surface area (Å²) < 4.78 is 14.8. The van der Waals surface area contributed by atoms with Crippen molar-refractivity contribution in [1.82, 2.24) is 15.0 Å². The molecule has 0 radical (unpaired) electrons. The van der Waals surface area contributed by atoms with Gasteiger partial charge in [0, 0.05) is 12.3 Å². The van der Waals surface area contributed by atoms with Crippen molar-refractivity contribution in [3.63, 3.8) is 0 Å². The Labute approximate surface area is 122 Å². The van der Waals surface area contributed by atoms with E-state index in [0.29, 0.717) is 5.56 Å².